The quantitative estimate of drug-likeness (QED) is 0.236. The minimum absolute atomic E-state index is 0.0376. The number of piperidine rings is 1. The summed E-state index contributed by atoms with van der Waals surface area (Å²) in [5, 5.41) is -0.279. The first-order valence-corrected chi connectivity index (χ1v) is 15.6. The fourth-order valence-corrected chi connectivity index (χ4v) is 6.53. The molecule has 0 aliphatic carbocycles. The maximum atomic E-state index is 13.9. The summed E-state index contributed by atoms with van der Waals surface area (Å²) in [5.74, 6) is -0.160. The Labute approximate surface area is 255 Å². The van der Waals surface area contributed by atoms with Gasteiger partial charge in [-0.3, -0.25) is 9.11 Å². The van der Waals surface area contributed by atoms with Gasteiger partial charge in [0.15, 0.2) is 0 Å². The van der Waals surface area contributed by atoms with Gasteiger partial charge < -0.3 is 14.5 Å². The highest BCUT2D eigenvalue weighted by molar-refractivity contribution is 7.84. The van der Waals surface area contributed by atoms with Crippen LogP contribution >= 0.6 is 11.6 Å². The Hall–Kier alpha value is -3.69. The third-order valence-corrected chi connectivity index (χ3v) is 8.81. The van der Waals surface area contributed by atoms with Crippen molar-refractivity contribution in [2.24, 2.45) is 0 Å². The highest BCUT2D eigenvalue weighted by Gasteiger charge is 2.40. The maximum Gasteiger partial charge on any atom is 0.419 e. The molecule has 1 fully saturated rings. The first kappa shape index (κ1) is 30.8. The van der Waals surface area contributed by atoms with E-state index < -0.39 is 34.7 Å². The van der Waals surface area contributed by atoms with Crippen LogP contribution in [0.15, 0.2) is 53.7 Å². The predicted molar refractivity (Wildman–Crippen MR) is 156 cm³/mol. The molecule has 0 radical (unpaired) electrons. The molecule has 43 heavy (non-hydrogen) atoms. The monoisotopic (exact) mass is 631 g/mol. The van der Waals surface area contributed by atoms with Crippen LogP contribution in [0.1, 0.15) is 46.8 Å². The lowest BCUT2D eigenvalue weighted by Gasteiger charge is -2.38. The molecule has 226 valence electrons. The van der Waals surface area contributed by atoms with Crippen molar-refractivity contribution < 1.29 is 26.9 Å². The van der Waals surface area contributed by atoms with Crippen LogP contribution in [0.2, 0.25) is 5.02 Å². The van der Waals surface area contributed by atoms with Crippen molar-refractivity contribution in [3.8, 4) is 0 Å². The second-order valence-electron chi connectivity index (χ2n) is 10.5. The molecule has 2 aromatic carbocycles. The van der Waals surface area contributed by atoms with Crippen LogP contribution in [-0.2, 0) is 41.3 Å². The number of halogens is 4. The lowest BCUT2D eigenvalue weighted by molar-refractivity contribution is -0.137. The van der Waals surface area contributed by atoms with Gasteiger partial charge in [0.25, 0.3) is 0 Å². The summed E-state index contributed by atoms with van der Waals surface area (Å²) in [7, 11) is -1.54. The number of aromatic nitrogens is 2. The Morgan fingerprint density at radius 3 is 2.63 bits per heavy atom. The van der Waals surface area contributed by atoms with E-state index in [0.29, 0.717) is 37.2 Å². The molecule has 2 aliphatic rings. The molecule has 0 saturated carbocycles. The van der Waals surface area contributed by atoms with Gasteiger partial charge >= 0.3 is 12.3 Å². The molecule has 5 rings (SSSR count). The van der Waals surface area contributed by atoms with Crippen molar-refractivity contribution in [3.05, 3.63) is 93.0 Å². The van der Waals surface area contributed by atoms with Crippen molar-refractivity contribution in [1.82, 2.24) is 14.9 Å². The van der Waals surface area contributed by atoms with Gasteiger partial charge in [0, 0.05) is 25.3 Å². The Balaban J connectivity index is 1.40. The molecule has 8 nitrogen and oxygen atoms in total. The lowest BCUT2D eigenvalue weighted by atomic mass is 9.84. The van der Waals surface area contributed by atoms with Gasteiger partial charge in [-0.1, -0.05) is 48.0 Å². The number of fused-ring (bicyclic) bond motifs is 1. The van der Waals surface area contributed by atoms with Crippen molar-refractivity contribution in [2.45, 2.75) is 55.7 Å². The van der Waals surface area contributed by atoms with Crippen LogP contribution in [0, 0.1) is 6.57 Å². The number of nitrogens with zero attached hydrogens (tertiary/aromatic N) is 5. The number of carbonyl (C=O) groups is 1. The van der Waals surface area contributed by atoms with E-state index in [1.807, 2.05) is 30.3 Å². The molecule has 3 heterocycles. The Bertz CT molecular complexity index is 1570. The summed E-state index contributed by atoms with van der Waals surface area (Å²) in [5.41, 5.74) is 1.93. The van der Waals surface area contributed by atoms with Crippen LogP contribution in [-0.4, -0.2) is 57.1 Å². The third-order valence-electron chi connectivity index (χ3n) is 7.79. The normalized spacial score (nSPS) is 19.3. The SMILES string of the molecule is [C-]#[N+]C[C@H]1CC(c2nc(S(C)=O)nc3c2CCN(c2cccc(Cl)c2C(F)(F)F)C3)CCN1C(=O)OCc1ccccc1. The van der Waals surface area contributed by atoms with Crippen LogP contribution in [0.4, 0.5) is 23.7 Å². The van der Waals surface area contributed by atoms with Gasteiger partial charge in [-0.05, 0) is 42.5 Å². The average molecular weight is 632 g/mol. The zero-order valence-corrected chi connectivity index (χ0v) is 24.9. The smallest absolute Gasteiger partial charge is 0.419 e. The number of rotatable bonds is 6. The second kappa shape index (κ2) is 12.9. The van der Waals surface area contributed by atoms with Gasteiger partial charge in [-0.15, -0.1) is 0 Å². The molecule has 13 heteroatoms. The van der Waals surface area contributed by atoms with Crippen LogP contribution in [0.25, 0.3) is 4.85 Å². The molecule has 1 saturated heterocycles. The van der Waals surface area contributed by atoms with Gasteiger partial charge in [0.1, 0.15) is 12.6 Å². The molecule has 0 bridgehead atoms. The molecule has 2 unspecified atom stereocenters. The summed E-state index contributed by atoms with van der Waals surface area (Å²) in [6, 6.07) is 13.0. The summed E-state index contributed by atoms with van der Waals surface area (Å²) < 4.78 is 59.9. The standard InChI is InChI=1S/C30H29ClF3N5O3S/c1-35-16-21-15-20(11-14-39(21)29(40)42-18-19-7-4-3-5-8-19)27-22-12-13-38(17-24(22)36-28(37-27)43(2)41)25-10-6-9-23(31)26(25)30(32,33)34/h3-10,20-21H,11-18H2,2H3/t20?,21-,43?/m1/s1. The van der Waals surface area contributed by atoms with Gasteiger partial charge in [0.05, 0.1) is 45.0 Å². The van der Waals surface area contributed by atoms with E-state index in [-0.39, 0.29) is 48.0 Å². The molecule has 0 spiro atoms. The first-order chi connectivity index (χ1) is 20.6. The predicted octanol–water partition coefficient (Wildman–Crippen LogP) is 6.25. The Morgan fingerprint density at radius 1 is 1.16 bits per heavy atom. The van der Waals surface area contributed by atoms with E-state index >= 15 is 0 Å². The number of carbonyl (C=O) groups excluding carboxylic acids is 1. The summed E-state index contributed by atoms with van der Waals surface area (Å²) >= 11 is 5.98. The average Bonchev–Trinajstić information content (AvgIpc) is 2.99. The highest BCUT2D eigenvalue weighted by Crippen LogP contribution is 2.43. The van der Waals surface area contributed by atoms with Crippen LogP contribution < -0.4 is 4.90 Å². The number of hydrogen-bond acceptors (Lipinski definition) is 6. The number of amides is 1. The zero-order chi connectivity index (χ0) is 30.7. The van der Waals surface area contributed by atoms with E-state index in [0.717, 1.165) is 11.1 Å². The minimum Gasteiger partial charge on any atom is -0.445 e. The first-order valence-electron chi connectivity index (χ1n) is 13.7. The molecule has 2 aliphatic heterocycles. The van der Waals surface area contributed by atoms with Crippen molar-refractivity contribution in [3.63, 3.8) is 0 Å². The lowest BCUT2D eigenvalue weighted by Crippen LogP contribution is -2.47. The van der Waals surface area contributed by atoms with Crippen molar-refractivity contribution in [1.29, 1.82) is 0 Å². The van der Waals surface area contributed by atoms with Gasteiger partial charge in [-0.25, -0.2) is 21.3 Å². The Morgan fingerprint density at radius 2 is 1.93 bits per heavy atom. The van der Waals surface area contributed by atoms with Crippen molar-refractivity contribution >= 4 is 34.2 Å². The molecule has 0 N–H and O–H groups in total. The van der Waals surface area contributed by atoms with Gasteiger partial charge in [-0.2, -0.15) is 13.2 Å². The summed E-state index contributed by atoms with van der Waals surface area (Å²) in [6.45, 7) is 8.36. The fraction of sp³-hybridized carbons (Fsp3) is 0.400. The molecule has 3 atom stereocenters. The maximum absolute atomic E-state index is 13.9. The zero-order valence-electron chi connectivity index (χ0n) is 23.3. The van der Waals surface area contributed by atoms with Crippen LogP contribution in [0.3, 0.4) is 0 Å². The number of ether oxygens (including phenoxy) is 1. The molecular formula is C30H29ClF3N5O3S. The topological polar surface area (TPSA) is 80.0 Å². The molecule has 3 aromatic rings. The summed E-state index contributed by atoms with van der Waals surface area (Å²) in [4.78, 5) is 28.9. The van der Waals surface area contributed by atoms with E-state index in [1.54, 1.807) is 9.80 Å². The summed E-state index contributed by atoms with van der Waals surface area (Å²) in [6.07, 6.45) is -2.33. The Kier molecular flexibility index (Phi) is 9.22. The van der Waals surface area contributed by atoms with Crippen molar-refractivity contribution in [2.75, 3.05) is 30.8 Å². The second-order valence-corrected chi connectivity index (χ2v) is 12.2. The van der Waals surface area contributed by atoms with Gasteiger partial charge in [0.2, 0.25) is 11.7 Å². The third kappa shape index (κ3) is 6.78. The minimum atomic E-state index is -4.64. The fourth-order valence-electron chi connectivity index (χ4n) is 5.79. The molecular weight excluding hydrogens is 603 g/mol. The highest BCUT2D eigenvalue weighted by atomic mass is 35.5. The largest absolute Gasteiger partial charge is 0.445 e. The van der Waals surface area contributed by atoms with E-state index in [9.17, 15) is 22.2 Å². The molecule has 1 amide bonds. The van der Waals surface area contributed by atoms with E-state index in [1.165, 1.54) is 24.5 Å². The van der Waals surface area contributed by atoms with E-state index in [2.05, 4.69) is 14.8 Å². The van der Waals surface area contributed by atoms with E-state index in [4.69, 9.17) is 22.9 Å². The number of likely N-dealkylation sites (tertiary alicyclic amines) is 1. The number of anilines is 1. The molecule has 1 aromatic heterocycles. The number of alkyl halides is 3. The number of hydrogen-bond donors (Lipinski definition) is 0. The van der Waals surface area contributed by atoms with Crippen LogP contribution in [0.5, 0.6) is 0 Å². The number of benzene rings is 2.